The van der Waals surface area contributed by atoms with Gasteiger partial charge in [-0.25, -0.2) is 0 Å². The summed E-state index contributed by atoms with van der Waals surface area (Å²) in [6.45, 7) is 5.83. The molecule has 3 nitrogen and oxygen atoms in total. The van der Waals surface area contributed by atoms with E-state index >= 15 is 0 Å². The molecule has 0 radical (unpaired) electrons. The van der Waals surface area contributed by atoms with Crippen molar-refractivity contribution in [3.05, 3.63) is 29.8 Å². The minimum absolute atomic E-state index is 0.139. The van der Waals surface area contributed by atoms with Gasteiger partial charge in [0.1, 0.15) is 12.4 Å². The second kappa shape index (κ2) is 7.81. The Balaban J connectivity index is 1.91. The predicted molar refractivity (Wildman–Crippen MR) is 86.8 cm³/mol. The lowest BCUT2D eigenvalue weighted by Crippen LogP contribution is -2.55. The fourth-order valence-corrected chi connectivity index (χ4v) is 2.88. The summed E-state index contributed by atoms with van der Waals surface area (Å²) in [5.41, 5.74) is 1.10. The minimum Gasteiger partial charge on any atom is -0.492 e. The molecule has 0 aromatic heterocycles. The van der Waals surface area contributed by atoms with Crippen LogP contribution in [0.4, 0.5) is 0 Å². The zero-order valence-electron chi connectivity index (χ0n) is 13.4. The van der Waals surface area contributed by atoms with Gasteiger partial charge in [-0.05, 0) is 55.8 Å². The predicted octanol–water partition coefficient (Wildman–Crippen LogP) is 3.16. The molecule has 1 aliphatic carbocycles. The summed E-state index contributed by atoms with van der Waals surface area (Å²) in [6.07, 6.45) is 5.97. The van der Waals surface area contributed by atoms with Gasteiger partial charge in [0.2, 0.25) is 0 Å². The van der Waals surface area contributed by atoms with Crippen molar-refractivity contribution in [2.75, 3.05) is 19.8 Å². The maximum Gasteiger partial charge on any atom is 0.119 e. The first kappa shape index (κ1) is 16.3. The van der Waals surface area contributed by atoms with Gasteiger partial charge in [0, 0.05) is 0 Å². The summed E-state index contributed by atoms with van der Waals surface area (Å²) in [4.78, 5) is 0. The number of ether oxygens (including phenoxy) is 1. The van der Waals surface area contributed by atoms with E-state index in [1.165, 1.54) is 31.2 Å². The number of rotatable bonds is 10. The van der Waals surface area contributed by atoms with Crippen molar-refractivity contribution >= 4 is 0 Å². The number of hydrogen-bond acceptors (Lipinski definition) is 3. The van der Waals surface area contributed by atoms with Crippen LogP contribution in [0.15, 0.2) is 24.3 Å². The fourth-order valence-electron chi connectivity index (χ4n) is 2.88. The second-order valence-electron chi connectivity index (χ2n) is 6.16. The van der Waals surface area contributed by atoms with E-state index in [1.54, 1.807) is 0 Å². The Morgan fingerprint density at radius 3 is 2.48 bits per heavy atom. The first-order valence-electron chi connectivity index (χ1n) is 8.31. The van der Waals surface area contributed by atoms with Gasteiger partial charge < -0.3 is 15.2 Å². The molecule has 1 fully saturated rings. The average Bonchev–Trinajstić information content (AvgIpc) is 3.36. The van der Waals surface area contributed by atoms with E-state index in [0.29, 0.717) is 12.5 Å². The van der Waals surface area contributed by atoms with Crippen molar-refractivity contribution in [2.24, 2.45) is 5.92 Å². The molecule has 1 unspecified atom stereocenters. The number of aliphatic hydroxyl groups is 1. The molecule has 3 heteroatoms. The number of nitrogens with one attached hydrogen (secondary N) is 1. The summed E-state index contributed by atoms with van der Waals surface area (Å²) in [5, 5.41) is 13.2. The molecule has 118 valence electrons. The van der Waals surface area contributed by atoms with E-state index in [9.17, 15) is 5.11 Å². The van der Waals surface area contributed by atoms with Crippen LogP contribution in [-0.4, -0.2) is 30.4 Å². The molecule has 1 atom stereocenters. The summed E-state index contributed by atoms with van der Waals surface area (Å²) in [5.74, 6) is 1.44. The van der Waals surface area contributed by atoms with Gasteiger partial charge in [-0.2, -0.15) is 0 Å². The smallest absolute Gasteiger partial charge is 0.119 e. The minimum atomic E-state index is -0.268. The molecule has 1 saturated carbocycles. The maximum atomic E-state index is 9.79. The Morgan fingerprint density at radius 1 is 1.24 bits per heavy atom. The van der Waals surface area contributed by atoms with Gasteiger partial charge in [0.25, 0.3) is 0 Å². The molecule has 1 aromatic carbocycles. The molecular formula is C18H29NO2. The van der Waals surface area contributed by atoms with E-state index in [-0.39, 0.29) is 12.1 Å². The summed E-state index contributed by atoms with van der Waals surface area (Å²) in [7, 11) is 0. The average molecular weight is 291 g/mol. The van der Waals surface area contributed by atoms with Crippen molar-refractivity contribution in [1.29, 1.82) is 0 Å². The molecule has 0 bridgehead atoms. The Kier molecular flexibility index (Phi) is 6.07. The second-order valence-corrected chi connectivity index (χ2v) is 6.16. The third-order valence-corrected chi connectivity index (χ3v) is 4.41. The molecule has 0 spiro atoms. The first-order chi connectivity index (χ1) is 10.2. The summed E-state index contributed by atoms with van der Waals surface area (Å²) < 4.78 is 5.95. The largest absolute Gasteiger partial charge is 0.492 e. The third kappa shape index (κ3) is 4.45. The van der Waals surface area contributed by atoms with Crippen LogP contribution in [0, 0.1) is 5.92 Å². The topological polar surface area (TPSA) is 41.5 Å². The molecule has 0 saturated heterocycles. The molecule has 1 aliphatic rings. The van der Waals surface area contributed by atoms with Crippen LogP contribution in [0.2, 0.25) is 0 Å². The molecule has 0 heterocycles. The lowest BCUT2D eigenvalue weighted by atomic mass is 9.95. The maximum absolute atomic E-state index is 9.79. The van der Waals surface area contributed by atoms with Crippen LogP contribution < -0.4 is 10.1 Å². The zero-order valence-corrected chi connectivity index (χ0v) is 13.4. The quantitative estimate of drug-likeness (QED) is 0.696. The highest BCUT2D eigenvalue weighted by Crippen LogP contribution is 2.39. The van der Waals surface area contributed by atoms with E-state index in [4.69, 9.17) is 4.74 Å². The van der Waals surface area contributed by atoms with Gasteiger partial charge in [-0.15, -0.1) is 0 Å². The first-order valence-corrected chi connectivity index (χ1v) is 8.31. The van der Waals surface area contributed by atoms with Gasteiger partial charge in [-0.3, -0.25) is 0 Å². The Hall–Kier alpha value is -1.06. The van der Waals surface area contributed by atoms with E-state index in [1.807, 2.05) is 12.1 Å². The number of hydrogen-bond donors (Lipinski definition) is 2. The monoisotopic (exact) mass is 291 g/mol. The highest BCUT2D eigenvalue weighted by atomic mass is 16.5. The normalized spacial score (nSPS) is 17.5. The number of likely N-dealkylation sites (N-methyl/N-ethyl adjacent to an activating group) is 1. The van der Waals surface area contributed by atoms with Gasteiger partial charge in [0.15, 0.2) is 0 Å². The molecule has 2 N–H and O–H groups in total. The Labute approximate surface area is 128 Å². The van der Waals surface area contributed by atoms with Gasteiger partial charge in [-0.1, -0.05) is 32.4 Å². The van der Waals surface area contributed by atoms with Crippen LogP contribution in [-0.2, 0) is 6.42 Å². The summed E-state index contributed by atoms with van der Waals surface area (Å²) >= 11 is 0. The Bertz CT molecular complexity index is 414. The Morgan fingerprint density at radius 2 is 1.95 bits per heavy atom. The molecule has 2 rings (SSSR count). The third-order valence-electron chi connectivity index (χ3n) is 4.41. The standard InChI is InChI=1S/C18H29NO2/c1-3-5-6-15-7-11-17(12-8-15)21-14-18(13-20,19-4-2)16-9-10-16/h7-8,11-12,16,19-20H,3-6,9-10,13-14H2,1-2H3. The van der Waals surface area contributed by atoms with Gasteiger partial charge >= 0.3 is 0 Å². The van der Waals surface area contributed by atoms with E-state index in [0.717, 1.165) is 18.7 Å². The molecule has 1 aromatic rings. The molecule has 0 aliphatic heterocycles. The van der Waals surface area contributed by atoms with Crippen molar-refractivity contribution < 1.29 is 9.84 Å². The number of unbranched alkanes of at least 4 members (excludes halogenated alkanes) is 1. The van der Waals surface area contributed by atoms with Crippen LogP contribution in [0.1, 0.15) is 45.1 Å². The van der Waals surface area contributed by atoms with Crippen LogP contribution >= 0.6 is 0 Å². The van der Waals surface area contributed by atoms with Crippen molar-refractivity contribution in [2.45, 2.75) is 51.5 Å². The molecule has 21 heavy (non-hydrogen) atoms. The van der Waals surface area contributed by atoms with Crippen molar-refractivity contribution in [3.8, 4) is 5.75 Å². The lowest BCUT2D eigenvalue weighted by molar-refractivity contribution is 0.0864. The van der Waals surface area contributed by atoms with Crippen LogP contribution in [0.3, 0.4) is 0 Å². The molecule has 0 amide bonds. The highest BCUT2D eigenvalue weighted by molar-refractivity contribution is 5.27. The zero-order chi connectivity index (χ0) is 15.1. The SMILES string of the molecule is CCCCc1ccc(OCC(CO)(NCC)C2CC2)cc1. The number of aryl methyl sites for hydroxylation is 1. The number of benzene rings is 1. The van der Waals surface area contributed by atoms with Crippen molar-refractivity contribution in [1.82, 2.24) is 5.32 Å². The fraction of sp³-hybridized carbons (Fsp3) is 0.667. The molecular weight excluding hydrogens is 262 g/mol. The lowest BCUT2D eigenvalue weighted by Gasteiger charge is -2.32. The van der Waals surface area contributed by atoms with E-state index in [2.05, 4.69) is 31.3 Å². The number of aliphatic hydroxyl groups excluding tert-OH is 1. The van der Waals surface area contributed by atoms with Crippen LogP contribution in [0.5, 0.6) is 5.75 Å². The highest BCUT2D eigenvalue weighted by Gasteiger charge is 2.45. The van der Waals surface area contributed by atoms with Gasteiger partial charge in [0.05, 0.1) is 12.1 Å². The van der Waals surface area contributed by atoms with E-state index < -0.39 is 0 Å². The summed E-state index contributed by atoms with van der Waals surface area (Å²) in [6, 6.07) is 8.39. The van der Waals surface area contributed by atoms with Crippen molar-refractivity contribution in [3.63, 3.8) is 0 Å². The van der Waals surface area contributed by atoms with Crippen LogP contribution in [0.25, 0.3) is 0 Å².